The third-order valence-corrected chi connectivity index (χ3v) is 6.51. The molecule has 0 bridgehead atoms. The molecule has 1 saturated carbocycles. The van der Waals surface area contributed by atoms with Gasteiger partial charge in [-0.2, -0.15) is 0 Å². The third kappa shape index (κ3) is 4.54. The largest absolute Gasteiger partial charge is 0.326 e. The minimum atomic E-state index is -0.298. The van der Waals surface area contributed by atoms with Gasteiger partial charge in [-0.1, -0.05) is 29.8 Å². The van der Waals surface area contributed by atoms with E-state index < -0.39 is 0 Å². The fourth-order valence-electron chi connectivity index (χ4n) is 4.69. The summed E-state index contributed by atoms with van der Waals surface area (Å²) in [5, 5.41) is 4.79. The van der Waals surface area contributed by atoms with Crippen molar-refractivity contribution >= 4 is 40.4 Å². The minimum Gasteiger partial charge on any atom is -0.326 e. The summed E-state index contributed by atoms with van der Waals surface area (Å²) in [7, 11) is 0. The summed E-state index contributed by atoms with van der Waals surface area (Å²) < 4.78 is 0. The van der Waals surface area contributed by atoms with Gasteiger partial charge in [0.15, 0.2) is 0 Å². The Labute approximate surface area is 181 Å². The molecule has 1 amide bonds. The maximum absolute atomic E-state index is 12.9. The van der Waals surface area contributed by atoms with Crippen LogP contribution in [0, 0.1) is 11.8 Å². The molecule has 1 N–H and O–H groups in total. The highest BCUT2D eigenvalue weighted by molar-refractivity contribution is 6.30. The maximum atomic E-state index is 12.9. The van der Waals surface area contributed by atoms with Gasteiger partial charge in [0.25, 0.3) is 0 Å². The fourth-order valence-corrected chi connectivity index (χ4v) is 4.82. The number of benzene rings is 2. The van der Waals surface area contributed by atoms with E-state index in [4.69, 9.17) is 11.6 Å². The SMILES string of the molecule is O=CC[C@@H](C(=O)Nc1ccc(Cl)cc1)[C@H]1CC[C@@H](c2ccnc3ccccc32)CC1. The van der Waals surface area contributed by atoms with E-state index in [1.54, 1.807) is 24.3 Å². The summed E-state index contributed by atoms with van der Waals surface area (Å²) in [6.45, 7) is 0. The quantitative estimate of drug-likeness (QED) is 0.497. The summed E-state index contributed by atoms with van der Waals surface area (Å²) >= 11 is 5.92. The molecule has 30 heavy (non-hydrogen) atoms. The molecule has 5 heteroatoms. The number of para-hydroxylation sites is 1. The lowest BCUT2D eigenvalue weighted by Gasteiger charge is -2.33. The van der Waals surface area contributed by atoms with Gasteiger partial charge in [-0.3, -0.25) is 9.78 Å². The molecular formula is C25H25ClN2O2. The van der Waals surface area contributed by atoms with E-state index in [9.17, 15) is 9.59 Å². The van der Waals surface area contributed by atoms with Crippen LogP contribution in [-0.4, -0.2) is 17.2 Å². The lowest BCUT2D eigenvalue weighted by atomic mass is 9.72. The van der Waals surface area contributed by atoms with Crippen molar-refractivity contribution in [3.05, 3.63) is 71.4 Å². The van der Waals surface area contributed by atoms with Gasteiger partial charge in [0.2, 0.25) is 5.91 Å². The van der Waals surface area contributed by atoms with Crippen LogP contribution >= 0.6 is 11.6 Å². The second-order valence-electron chi connectivity index (χ2n) is 8.03. The molecule has 0 saturated heterocycles. The number of aldehydes is 1. The maximum Gasteiger partial charge on any atom is 0.228 e. The first-order chi connectivity index (χ1) is 14.7. The molecule has 1 aliphatic rings. The van der Waals surface area contributed by atoms with Crippen molar-refractivity contribution in [2.75, 3.05) is 5.32 Å². The van der Waals surface area contributed by atoms with Crippen molar-refractivity contribution in [2.24, 2.45) is 11.8 Å². The van der Waals surface area contributed by atoms with Crippen LogP contribution in [0.25, 0.3) is 10.9 Å². The van der Waals surface area contributed by atoms with Gasteiger partial charge in [-0.25, -0.2) is 0 Å². The molecule has 0 unspecified atom stereocenters. The molecule has 1 aliphatic carbocycles. The fraction of sp³-hybridized carbons (Fsp3) is 0.320. The van der Waals surface area contributed by atoms with Crippen molar-refractivity contribution in [1.82, 2.24) is 4.98 Å². The van der Waals surface area contributed by atoms with Crippen LogP contribution < -0.4 is 5.32 Å². The molecule has 0 spiro atoms. The number of rotatable bonds is 6. The number of hydrogen-bond donors (Lipinski definition) is 1. The van der Waals surface area contributed by atoms with E-state index in [2.05, 4.69) is 28.5 Å². The standard InChI is InChI=1S/C25H25ClN2O2/c26-19-9-11-20(12-10-19)28-25(30)22(14-16-29)18-7-5-17(6-8-18)21-13-15-27-24-4-2-1-3-23(21)24/h1-4,9-13,15-18,22H,5-8,14H2,(H,28,30)/t17-,18+,22-/m1/s1. The Bertz CT molecular complexity index is 1020. The zero-order valence-corrected chi connectivity index (χ0v) is 17.5. The smallest absolute Gasteiger partial charge is 0.228 e. The molecule has 2 aromatic carbocycles. The van der Waals surface area contributed by atoms with Crippen molar-refractivity contribution in [3.63, 3.8) is 0 Å². The predicted molar refractivity (Wildman–Crippen MR) is 121 cm³/mol. The van der Waals surface area contributed by atoms with Crippen molar-refractivity contribution < 1.29 is 9.59 Å². The summed E-state index contributed by atoms with van der Waals surface area (Å²) in [5.41, 5.74) is 3.08. The number of fused-ring (bicyclic) bond motifs is 1. The van der Waals surface area contributed by atoms with Crippen LogP contribution in [0.1, 0.15) is 43.6 Å². The van der Waals surface area contributed by atoms with Crippen LogP contribution in [0.15, 0.2) is 60.8 Å². The van der Waals surface area contributed by atoms with Crippen molar-refractivity contribution in [2.45, 2.75) is 38.0 Å². The van der Waals surface area contributed by atoms with E-state index in [1.807, 2.05) is 18.3 Å². The molecule has 3 aromatic rings. The number of halogens is 1. The molecule has 1 aromatic heterocycles. The Morgan fingerprint density at radius 2 is 1.80 bits per heavy atom. The molecule has 0 aliphatic heterocycles. The number of pyridine rings is 1. The van der Waals surface area contributed by atoms with Gasteiger partial charge in [0.05, 0.1) is 5.52 Å². The molecular weight excluding hydrogens is 396 g/mol. The summed E-state index contributed by atoms with van der Waals surface area (Å²) in [6.07, 6.45) is 6.92. The van der Waals surface area contributed by atoms with Gasteiger partial charge in [0.1, 0.15) is 6.29 Å². The van der Waals surface area contributed by atoms with Crippen LogP contribution in [0.5, 0.6) is 0 Å². The number of carbonyl (C=O) groups excluding carboxylic acids is 2. The lowest BCUT2D eigenvalue weighted by molar-refractivity contribution is -0.124. The minimum absolute atomic E-state index is 0.0813. The zero-order chi connectivity index (χ0) is 20.9. The first-order valence-electron chi connectivity index (χ1n) is 10.5. The number of hydrogen-bond acceptors (Lipinski definition) is 3. The van der Waals surface area contributed by atoms with E-state index in [-0.39, 0.29) is 24.2 Å². The first-order valence-corrected chi connectivity index (χ1v) is 10.9. The van der Waals surface area contributed by atoms with E-state index in [0.717, 1.165) is 37.5 Å². The number of aromatic nitrogens is 1. The van der Waals surface area contributed by atoms with Crippen LogP contribution in [0.2, 0.25) is 5.02 Å². The van der Waals surface area contributed by atoms with Gasteiger partial charge < -0.3 is 10.1 Å². The first kappa shape index (κ1) is 20.5. The number of nitrogens with one attached hydrogen (secondary N) is 1. The third-order valence-electron chi connectivity index (χ3n) is 6.26. The highest BCUT2D eigenvalue weighted by atomic mass is 35.5. The average Bonchev–Trinajstić information content (AvgIpc) is 2.79. The van der Waals surface area contributed by atoms with Crippen molar-refractivity contribution in [1.29, 1.82) is 0 Å². The number of anilines is 1. The highest BCUT2D eigenvalue weighted by Crippen LogP contribution is 2.41. The summed E-state index contributed by atoms with van der Waals surface area (Å²) in [4.78, 5) is 28.7. The Morgan fingerprint density at radius 1 is 1.07 bits per heavy atom. The summed E-state index contributed by atoms with van der Waals surface area (Å²) in [6, 6.07) is 17.4. The number of nitrogens with zero attached hydrogens (tertiary/aromatic N) is 1. The Hall–Kier alpha value is -2.72. The van der Waals surface area contributed by atoms with Crippen LogP contribution in [0.4, 0.5) is 5.69 Å². The second-order valence-corrected chi connectivity index (χ2v) is 8.47. The van der Waals surface area contributed by atoms with Gasteiger partial charge >= 0.3 is 0 Å². The predicted octanol–water partition coefficient (Wildman–Crippen LogP) is 6.01. The Balaban J connectivity index is 1.44. The highest BCUT2D eigenvalue weighted by Gasteiger charge is 2.32. The van der Waals surface area contributed by atoms with E-state index in [1.165, 1.54) is 10.9 Å². The van der Waals surface area contributed by atoms with E-state index >= 15 is 0 Å². The topological polar surface area (TPSA) is 59.1 Å². The number of carbonyl (C=O) groups is 2. The van der Waals surface area contributed by atoms with Crippen LogP contribution in [0.3, 0.4) is 0 Å². The average molecular weight is 421 g/mol. The van der Waals surface area contributed by atoms with Gasteiger partial charge in [-0.15, -0.1) is 0 Å². The molecule has 154 valence electrons. The number of amides is 1. The summed E-state index contributed by atoms with van der Waals surface area (Å²) in [5.74, 6) is 0.299. The molecule has 1 fully saturated rings. The van der Waals surface area contributed by atoms with Crippen LogP contribution in [-0.2, 0) is 9.59 Å². The van der Waals surface area contributed by atoms with Crippen molar-refractivity contribution in [3.8, 4) is 0 Å². The monoisotopic (exact) mass is 420 g/mol. The molecule has 4 nitrogen and oxygen atoms in total. The molecule has 4 rings (SSSR count). The normalized spacial score (nSPS) is 19.9. The molecule has 0 radical (unpaired) electrons. The molecule has 1 heterocycles. The zero-order valence-electron chi connectivity index (χ0n) is 16.8. The Kier molecular flexibility index (Phi) is 6.44. The lowest BCUT2D eigenvalue weighted by Crippen LogP contribution is -2.32. The molecule has 1 atom stereocenters. The van der Waals surface area contributed by atoms with Gasteiger partial charge in [0, 0.05) is 34.6 Å². The van der Waals surface area contributed by atoms with E-state index in [0.29, 0.717) is 16.6 Å². The second kappa shape index (κ2) is 9.40. The van der Waals surface area contributed by atoms with Gasteiger partial charge in [-0.05, 0) is 79.5 Å². The Morgan fingerprint density at radius 3 is 2.53 bits per heavy atom.